The minimum atomic E-state index is -1.18. The molecule has 4 aromatic rings. The van der Waals surface area contributed by atoms with E-state index in [1.165, 1.54) is 33.7 Å². The Morgan fingerprint density at radius 3 is 1.46 bits per heavy atom. The third kappa shape index (κ3) is 8.51. The van der Waals surface area contributed by atoms with E-state index in [4.69, 9.17) is 0 Å². The summed E-state index contributed by atoms with van der Waals surface area (Å²) in [6.07, 6.45) is 2.38. The van der Waals surface area contributed by atoms with E-state index >= 15 is 0 Å². The van der Waals surface area contributed by atoms with Crippen LogP contribution >= 0.6 is 0 Å². The van der Waals surface area contributed by atoms with Gasteiger partial charge in [0.1, 0.15) is 36.9 Å². The highest BCUT2D eigenvalue weighted by Gasteiger charge is 2.22. The van der Waals surface area contributed by atoms with Crippen molar-refractivity contribution in [2.45, 2.75) is 40.0 Å². The van der Waals surface area contributed by atoms with Crippen LogP contribution in [0.2, 0.25) is 0 Å². The van der Waals surface area contributed by atoms with E-state index in [0.29, 0.717) is 49.2 Å². The van der Waals surface area contributed by atoms with E-state index in [2.05, 4.69) is 19.9 Å². The molecule has 46 heavy (non-hydrogen) atoms. The number of aromatic nitrogens is 6. The van der Waals surface area contributed by atoms with Crippen LogP contribution in [0.3, 0.4) is 0 Å². The van der Waals surface area contributed by atoms with Crippen molar-refractivity contribution in [1.29, 1.82) is 0 Å². The highest BCUT2D eigenvalue weighted by Crippen LogP contribution is 2.16. The highest BCUT2D eigenvalue weighted by atomic mass is 16.6. The van der Waals surface area contributed by atoms with Crippen LogP contribution in [-0.2, 0) is 26.2 Å². The summed E-state index contributed by atoms with van der Waals surface area (Å²) < 4.78 is 2.96. The Morgan fingerprint density at radius 1 is 0.717 bits per heavy atom. The van der Waals surface area contributed by atoms with Crippen LogP contribution in [0.4, 0.5) is 11.6 Å². The molecule has 0 atom stereocenters. The third-order valence-corrected chi connectivity index (χ3v) is 7.28. The standard InChI is InChI=1S/C28H32N10O8/c1-19-29-15-25(37(43)44)35(19)13-11-33(17-21-5-3-7-23(31-21)27(39)40)9-10-34(18-22-6-4-8-24(32-22)28(41)42)12-14-36-20(2)30-16-26(36)38(45)46/h3-8,15-16H,9-14,17-18H2,1-2H3,(H,39,40)(H,41,42). The number of carboxylic acid groups (broad SMARTS) is 2. The largest absolute Gasteiger partial charge is 0.477 e. The van der Waals surface area contributed by atoms with Crippen LogP contribution < -0.4 is 0 Å². The van der Waals surface area contributed by atoms with Crippen LogP contribution in [-0.4, -0.2) is 97.0 Å². The molecule has 4 rings (SSSR count). The molecule has 0 saturated carbocycles. The Kier molecular flexibility index (Phi) is 10.8. The van der Waals surface area contributed by atoms with E-state index < -0.39 is 21.8 Å². The van der Waals surface area contributed by atoms with Gasteiger partial charge < -0.3 is 30.4 Å². The topological polar surface area (TPSA) is 229 Å². The molecule has 4 aromatic heterocycles. The van der Waals surface area contributed by atoms with E-state index in [9.17, 15) is 40.0 Å². The van der Waals surface area contributed by atoms with Crippen LogP contribution in [0.5, 0.6) is 0 Å². The van der Waals surface area contributed by atoms with Crippen LogP contribution in [0.1, 0.15) is 44.0 Å². The first-order chi connectivity index (χ1) is 21.9. The lowest BCUT2D eigenvalue weighted by molar-refractivity contribution is -0.392. The van der Waals surface area contributed by atoms with Gasteiger partial charge in [-0.3, -0.25) is 9.80 Å². The number of pyridine rings is 2. The molecule has 0 spiro atoms. The summed E-state index contributed by atoms with van der Waals surface area (Å²) in [7, 11) is 0. The first-order valence-corrected chi connectivity index (χ1v) is 14.1. The van der Waals surface area contributed by atoms with Crippen molar-refractivity contribution in [3.05, 3.63) is 103 Å². The van der Waals surface area contributed by atoms with Crippen molar-refractivity contribution in [2.24, 2.45) is 0 Å². The van der Waals surface area contributed by atoms with Crippen molar-refractivity contribution in [3.8, 4) is 0 Å². The first-order valence-electron chi connectivity index (χ1n) is 14.1. The lowest BCUT2D eigenvalue weighted by Gasteiger charge is -2.27. The maximum Gasteiger partial charge on any atom is 0.354 e. The highest BCUT2D eigenvalue weighted by molar-refractivity contribution is 5.85. The zero-order chi connectivity index (χ0) is 33.4. The summed E-state index contributed by atoms with van der Waals surface area (Å²) in [4.78, 5) is 65.6. The fourth-order valence-corrected chi connectivity index (χ4v) is 4.89. The van der Waals surface area contributed by atoms with Gasteiger partial charge in [0.25, 0.3) is 0 Å². The quantitative estimate of drug-likeness (QED) is 0.125. The SMILES string of the molecule is Cc1ncc([N+](=O)[O-])n1CCN(CCN(CCn1c([N+](=O)[O-])cnc1C)Cc1cccc(C(=O)O)n1)Cc1cccc(C(=O)O)n1. The number of nitrogens with zero attached hydrogens (tertiary/aromatic N) is 10. The molecule has 0 aliphatic heterocycles. The summed E-state index contributed by atoms with van der Waals surface area (Å²) in [5.74, 6) is -1.76. The van der Waals surface area contributed by atoms with Crippen molar-refractivity contribution in [3.63, 3.8) is 0 Å². The molecule has 18 heteroatoms. The molecule has 0 aromatic carbocycles. The van der Waals surface area contributed by atoms with Gasteiger partial charge in [-0.25, -0.2) is 38.7 Å². The Balaban J connectivity index is 1.58. The maximum atomic E-state index is 11.6. The Labute approximate surface area is 261 Å². The van der Waals surface area contributed by atoms with Crippen molar-refractivity contribution >= 4 is 23.6 Å². The van der Waals surface area contributed by atoms with Crippen LogP contribution in [0.15, 0.2) is 48.8 Å². The number of nitro groups is 2. The molecule has 0 radical (unpaired) electrons. The number of imidazole rings is 2. The molecule has 2 N–H and O–H groups in total. The monoisotopic (exact) mass is 636 g/mol. The van der Waals surface area contributed by atoms with Crippen molar-refractivity contribution in [2.75, 3.05) is 26.2 Å². The fourth-order valence-electron chi connectivity index (χ4n) is 4.89. The Hall–Kier alpha value is -5.62. The van der Waals surface area contributed by atoms with Crippen molar-refractivity contribution in [1.82, 2.24) is 38.9 Å². The molecule has 18 nitrogen and oxygen atoms in total. The van der Waals surface area contributed by atoms with E-state index in [-0.39, 0.29) is 49.2 Å². The van der Waals surface area contributed by atoms with E-state index in [0.717, 1.165) is 0 Å². The predicted molar refractivity (Wildman–Crippen MR) is 160 cm³/mol. The summed E-state index contributed by atoms with van der Waals surface area (Å²) in [5.41, 5.74) is 0.705. The molecule has 0 amide bonds. The van der Waals surface area contributed by atoms with Crippen LogP contribution in [0.25, 0.3) is 0 Å². The number of hydrogen-bond acceptors (Lipinski definition) is 12. The van der Waals surface area contributed by atoms with Gasteiger partial charge in [0.2, 0.25) is 0 Å². The third-order valence-electron chi connectivity index (χ3n) is 7.28. The summed E-state index contributed by atoms with van der Waals surface area (Å²) in [6, 6.07) is 9.30. The van der Waals surface area contributed by atoms with Gasteiger partial charge >= 0.3 is 23.6 Å². The summed E-state index contributed by atoms with van der Waals surface area (Å²) in [5, 5.41) is 41.9. The summed E-state index contributed by atoms with van der Waals surface area (Å²) >= 11 is 0. The van der Waals surface area contributed by atoms with Crippen molar-refractivity contribution < 1.29 is 29.6 Å². The molecule has 0 unspecified atom stereocenters. The van der Waals surface area contributed by atoms with Gasteiger partial charge in [-0.05, 0) is 34.1 Å². The molecule has 0 saturated heterocycles. The molecular formula is C28H32N10O8. The number of hydrogen-bond donors (Lipinski definition) is 2. The van der Waals surface area contributed by atoms with Gasteiger partial charge in [-0.1, -0.05) is 12.1 Å². The molecule has 0 aliphatic rings. The number of aromatic carboxylic acids is 2. The zero-order valence-corrected chi connectivity index (χ0v) is 25.1. The lowest BCUT2D eigenvalue weighted by atomic mass is 10.2. The fraction of sp³-hybridized carbons (Fsp3) is 0.357. The molecule has 0 aliphatic carbocycles. The predicted octanol–water partition coefficient (Wildman–Crippen LogP) is 2.40. The zero-order valence-electron chi connectivity index (χ0n) is 25.1. The summed E-state index contributed by atoms with van der Waals surface area (Å²) in [6.45, 7) is 5.53. The molecule has 4 heterocycles. The smallest absolute Gasteiger partial charge is 0.354 e. The van der Waals surface area contributed by atoms with Gasteiger partial charge in [0.05, 0.1) is 11.4 Å². The lowest BCUT2D eigenvalue weighted by Crippen LogP contribution is -2.38. The minimum absolute atomic E-state index is 0.123. The van der Waals surface area contributed by atoms with Gasteiger partial charge in [-0.2, -0.15) is 0 Å². The van der Waals surface area contributed by atoms with Gasteiger partial charge in [0, 0.05) is 53.1 Å². The molecule has 0 bridgehead atoms. The molecule has 242 valence electrons. The second-order valence-electron chi connectivity index (χ2n) is 10.3. The van der Waals surface area contributed by atoms with E-state index in [1.54, 1.807) is 38.1 Å². The Bertz CT molecular complexity index is 1610. The number of aryl methyl sites for hydroxylation is 2. The second-order valence-corrected chi connectivity index (χ2v) is 10.3. The first kappa shape index (κ1) is 33.3. The van der Waals surface area contributed by atoms with Crippen LogP contribution in [0, 0.1) is 34.1 Å². The number of carboxylic acids is 2. The minimum Gasteiger partial charge on any atom is -0.477 e. The van der Waals surface area contributed by atoms with E-state index in [1.807, 2.05) is 9.80 Å². The number of carbonyl (C=O) groups is 2. The second kappa shape index (κ2) is 14.9. The van der Waals surface area contributed by atoms with Gasteiger partial charge in [0.15, 0.2) is 11.6 Å². The Morgan fingerprint density at radius 2 is 1.11 bits per heavy atom. The molecular weight excluding hydrogens is 604 g/mol. The number of rotatable bonds is 17. The average molecular weight is 637 g/mol. The molecule has 0 fully saturated rings. The maximum absolute atomic E-state index is 11.6. The average Bonchev–Trinajstić information content (AvgIpc) is 3.58. The van der Waals surface area contributed by atoms with Gasteiger partial charge in [-0.15, -0.1) is 0 Å². The normalized spacial score (nSPS) is 11.3.